The summed E-state index contributed by atoms with van der Waals surface area (Å²) in [6.45, 7) is 2.30. The number of unbranched alkanes of at least 4 members (excludes halogenated alkanes) is 6. The third-order valence-electron chi connectivity index (χ3n) is 5.58. The SMILES string of the molecule is CCCCCCCCCC(CCc1ccccc1)CCc1ccccc1. The zero-order chi connectivity index (χ0) is 18.3. The van der Waals surface area contributed by atoms with E-state index in [9.17, 15) is 0 Å². The van der Waals surface area contributed by atoms with Crippen molar-refractivity contribution in [2.75, 3.05) is 0 Å². The number of hydrogen-bond donors (Lipinski definition) is 0. The smallest absolute Gasteiger partial charge is 0.0276 e. The van der Waals surface area contributed by atoms with Crippen LogP contribution in [-0.2, 0) is 12.8 Å². The number of aryl methyl sites for hydroxylation is 2. The molecule has 0 heteroatoms. The van der Waals surface area contributed by atoms with Crippen molar-refractivity contribution >= 4 is 0 Å². The molecular weight excluding hydrogens is 312 g/mol. The summed E-state index contributed by atoms with van der Waals surface area (Å²) in [5.41, 5.74) is 2.99. The molecule has 0 atom stereocenters. The van der Waals surface area contributed by atoms with Crippen LogP contribution in [0.15, 0.2) is 60.7 Å². The summed E-state index contributed by atoms with van der Waals surface area (Å²) in [5, 5.41) is 0. The van der Waals surface area contributed by atoms with Crippen molar-refractivity contribution in [1.82, 2.24) is 0 Å². The lowest BCUT2D eigenvalue weighted by Gasteiger charge is -2.17. The molecule has 0 aromatic heterocycles. The van der Waals surface area contributed by atoms with Gasteiger partial charge in [0.25, 0.3) is 0 Å². The van der Waals surface area contributed by atoms with Crippen LogP contribution in [0.1, 0.15) is 82.3 Å². The zero-order valence-electron chi connectivity index (χ0n) is 16.8. The van der Waals surface area contributed by atoms with Gasteiger partial charge >= 0.3 is 0 Å². The Labute approximate surface area is 162 Å². The average Bonchev–Trinajstić information content (AvgIpc) is 2.70. The molecule has 0 unspecified atom stereocenters. The van der Waals surface area contributed by atoms with Gasteiger partial charge in [0.05, 0.1) is 0 Å². The van der Waals surface area contributed by atoms with E-state index in [1.165, 1.54) is 88.2 Å². The summed E-state index contributed by atoms with van der Waals surface area (Å²) < 4.78 is 0. The zero-order valence-corrected chi connectivity index (χ0v) is 16.8. The van der Waals surface area contributed by atoms with Crippen LogP contribution in [-0.4, -0.2) is 0 Å². The molecule has 0 aliphatic heterocycles. The molecule has 2 aromatic carbocycles. The van der Waals surface area contributed by atoms with Gasteiger partial charge in [-0.2, -0.15) is 0 Å². The second kappa shape index (κ2) is 13.6. The lowest BCUT2D eigenvalue weighted by molar-refractivity contribution is 0.398. The predicted octanol–water partition coefficient (Wildman–Crippen LogP) is 8.01. The summed E-state index contributed by atoms with van der Waals surface area (Å²) in [4.78, 5) is 0. The van der Waals surface area contributed by atoms with Gasteiger partial charge in [-0.1, -0.05) is 119 Å². The van der Waals surface area contributed by atoms with Gasteiger partial charge < -0.3 is 0 Å². The van der Waals surface area contributed by atoms with Crippen molar-refractivity contribution in [1.29, 1.82) is 0 Å². The molecule has 0 heterocycles. The van der Waals surface area contributed by atoms with Crippen molar-refractivity contribution in [3.05, 3.63) is 71.8 Å². The normalized spacial score (nSPS) is 11.2. The summed E-state index contributed by atoms with van der Waals surface area (Å²) in [7, 11) is 0. The van der Waals surface area contributed by atoms with Crippen molar-refractivity contribution in [2.45, 2.75) is 84.0 Å². The van der Waals surface area contributed by atoms with E-state index in [0.29, 0.717) is 0 Å². The van der Waals surface area contributed by atoms with Crippen LogP contribution in [0.25, 0.3) is 0 Å². The summed E-state index contributed by atoms with van der Waals surface area (Å²) >= 11 is 0. The molecule has 0 fully saturated rings. The van der Waals surface area contributed by atoms with E-state index in [4.69, 9.17) is 0 Å². The molecule has 2 aromatic rings. The third kappa shape index (κ3) is 9.22. The summed E-state index contributed by atoms with van der Waals surface area (Å²) in [6.07, 6.45) is 16.5. The van der Waals surface area contributed by atoms with Crippen molar-refractivity contribution < 1.29 is 0 Å². The molecule has 0 nitrogen and oxygen atoms in total. The summed E-state index contributed by atoms with van der Waals surface area (Å²) in [6, 6.07) is 22.0. The molecule has 0 aliphatic carbocycles. The van der Waals surface area contributed by atoms with Crippen molar-refractivity contribution in [2.24, 2.45) is 5.92 Å². The van der Waals surface area contributed by atoms with Gasteiger partial charge in [0, 0.05) is 0 Å². The minimum Gasteiger partial charge on any atom is -0.0654 e. The Balaban J connectivity index is 1.72. The Bertz CT molecular complexity index is 499. The largest absolute Gasteiger partial charge is 0.0654 e. The molecule has 0 amide bonds. The topological polar surface area (TPSA) is 0 Å². The second-order valence-electron chi connectivity index (χ2n) is 7.82. The first-order valence-electron chi connectivity index (χ1n) is 11.0. The Morgan fingerprint density at radius 3 is 1.50 bits per heavy atom. The van der Waals surface area contributed by atoms with Crippen LogP contribution >= 0.6 is 0 Å². The molecular formula is C26H38. The number of benzene rings is 2. The number of rotatable bonds is 14. The average molecular weight is 351 g/mol. The third-order valence-corrected chi connectivity index (χ3v) is 5.58. The van der Waals surface area contributed by atoms with Gasteiger partial charge in [-0.3, -0.25) is 0 Å². The maximum absolute atomic E-state index is 2.30. The van der Waals surface area contributed by atoms with Gasteiger partial charge in [0.15, 0.2) is 0 Å². The molecule has 0 spiro atoms. The monoisotopic (exact) mass is 350 g/mol. The van der Waals surface area contributed by atoms with Crippen LogP contribution in [0.2, 0.25) is 0 Å². The van der Waals surface area contributed by atoms with E-state index in [-0.39, 0.29) is 0 Å². The molecule has 0 N–H and O–H groups in total. The maximum atomic E-state index is 2.30. The Morgan fingerprint density at radius 1 is 0.538 bits per heavy atom. The van der Waals surface area contributed by atoms with Crippen LogP contribution in [0, 0.1) is 5.92 Å². The van der Waals surface area contributed by atoms with Gasteiger partial charge in [0.1, 0.15) is 0 Å². The standard InChI is InChI=1S/C26H38/c1-2-3-4-5-6-7-10-19-26(22-20-24-15-11-8-12-16-24)23-21-25-17-13-9-14-18-25/h8-9,11-18,26H,2-7,10,19-23H2,1H3. The highest BCUT2D eigenvalue weighted by molar-refractivity contribution is 5.15. The van der Waals surface area contributed by atoms with E-state index < -0.39 is 0 Å². The van der Waals surface area contributed by atoms with Crippen LogP contribution < -0.4 is 0 Å². The Kier molecular flexibility index (Phi) is 10.9. The molecule has 142 valence electrons. The minimum absolute atomic E-state index is 0.867. The quantitative estimate of drug-likeness (QED) is 0.303. The van der Waals surface area contributed by atoms with Gasteiger partial charge in [-0.15, -0.1) is 0 Å². The first-order chi connectivity index (χ1) is 12.9. The van der Waals surface area contributed by atoms with Crippen LogP contribution in [0.5, 0.6) is 0 Å². The lowest BCUT2D eigenvalue weighted by atomic mass is 9.88. The first kappa shape index (κ1) is 20.7. The van der Waals surface area contributed by atoms with E-state index in [1.807, 2.05) is 0 Å². The van der Waals surface area contributed by atoms with Crippen LogP contribution in [0.4, 0.5) is 0 Å². The highest BCUT2D eigenvalue weighted by Crippen LogP contribution is 2.23. The Hall–Kier alpha value is -1.56. The molecule has 0 saturated carbocycles. The van der Waals surface area contributed by atoms with E-state index in [2.05, 4.69) is 67.6 Å². The molecule has 0 aliphatic rings. The fourth-order valence-corrected chi connectivity index (χ4v) is 3.85. The van der Waals surface area contributed by atoms with Crippen LogP contribution in [0.3, 0.4) is 0 Å². The highest BCUT2D eigenvalue weighted by atomic mass is 14.2. The summed E-state index contributed by atoms with van der Waals surface area (Å²) in [5.74, 6) is 0.867. The van der Waals surface area contributed by atoms with Gasteiger partial charge in [-0.25, -0.2) is 0 Å². The molecule has 0 bridgehead atoms. The van der Waals surface area contributed by atoms with Crippen molar-refractivity contribution in [3.8, 4) is 0 Å². The van der Waals surface area contributed by atoms with Gasteiger partial charge in [-0.05, 0) is 42.7 Å². The maximum Gasteiger partial charge on any atom is -0.0276 e. The number of hydrogen-bond acceptors (Lipinski definition) is 0. The van der Waals surface area contributed by atoms with E-state index in [1.54, 1.807) is 0 Å². The Morgan fingerprint density at radius 2 is 1.00 bits per heavy atom. The first-order valence-corrected chi connectivity index (χ1v) is 11.0. The van der Waals surface area contributed by atoms with Crippen molar-refractivity contribution in [3.63, 3.8) is 0 Å². The lowest BCUT2D eigenvalue weighted by Crippen LogP contribution is -2.05. The molecule has 2 rings (SSSR count). The molecule has 26 heavy (non-hydrogen) atoms. The molecule has 0 radical (unpaired) electrons. The fraction of sp³-hybridized carbons (Fsp3) is 0.538. The molecule has 0 saturated heterocycles. The van der Waals surface area contributed by atoms with Gasteiger partial charge in [0.2, 0.25) is 0 Å². The highest BCUT2D eigenvalue weighted by Gasteiger charge is 2.09. The van der Waals surface area contributed by atoms with E-state index in [0.717, 1.165) is 5.92 Å². The fourth-order valence-electron chi connectivity index (χ4n) is 3.85. The minimum atomic E-state index is 0.867. The van der Waals surface area contributed by atoms with E-state index >= 15 is 0 Å². The second-order valence-corrected chi connectivity index (χ2v) is 7.82. The predicted molar refractivity (Wildman–Crippen MR) is 116 cm³/mol.